The second-order valence-corrected chi connectivity index (χ2v) is 14.1. The van der Waals surface area contributed by atoms with Gasteiger partial charge in [-0.1, -0.05) is 6.07 Å². The quantitative estimate of drug-likeness (QED) is 0.202. The third-order valence-electron chi connectivity index (χ3n) is 10.8. The molecule has 53 heavy (non-hydrogen) atoms. The van der Waals surface area contributed by atoms with E-state index in [1.165, 1.54) is 12.1 Å². The van der Waals surface area contributed by atoms with Gasteiger partial charge in [0.25, 0.3) is 0 Å². The van der Waals surface area contributed by atoms with Gasteiger partial charge in [-0.2, -0.15) is 5.10 Å². The molecule has 3 aromatic heterocycles. The van der Waals surface area contributed by atoms with Crippen LogP contribution in [-0.2, 0) is 9.59 Å². The largest absolute Gasteiger partial charge is 0.369 e. The Balaban J connectivity index is 0.804. The van der Waals surface area contributed by atoms with Crippen LogP contribution < -0.4 is 15.5 Å². The lowest BCUT2D eigenvalue weighted by atomic mass is 9.90. The van der Waals surface area contributed by atoms with Gasteiger partial charge < -0.3 is 15.1 Å². The number of halogens is 3. The number of hydrogen-bond acceptors (Lipinski definition) is 9. The maximum atomic E-state index is 15.1. The molecule has 6 heterocycles. The van der Waals surface area contributed by atoms with Crippen LogP contribution in [0.15, 0.2) is 61.3 Å². The average molecular weight is 727 g/mol. The summed E-state index contributed by atoms with van der Waals surface area (Å²) >= 11 is 0. The van der Waals surface area contributed by atoms with Crippen LogP contribution in [0.5, 0.6) is 0 Å². The van der Waals surface area contributed by atoms with Gasteiger partial charge >= 0.3 is 0 Å². The first-order chi connectivity index (χ1) is 25.7. The molecule has 0 aliphatic carbocycles. The molecule has 2 N–H and O–H groups in total. The van der Waals surface area contributed by atoms with Crippen molar-refractivity contribution in [2.75, 3.05) is 62.6 Å². The number of anilines is 3. The number of hydrogen-bond donors (Lipinski definition) is 2. The maximum absolute atomic E-state index is 15.1. The molecule has 0 saturated carbocycles. The Morgan fingerprint density at radius 2 is 1.64 bits per heavy atom. The third kappa shape index (κ3) is 7.22. The molecule has 3 aliphatic heterocycles. The fourth-order valence-corrected chi connectivity index (χ4v) is 7.70. The van der Waals surface area contributed by atoms with Crippen molar-refractivity contribution in [2.24, 2.45) is 0 Å². The number of piperidine rings is 2. The number of rotatable bonds is 9. The summed E-state index contributed by atoms with van der Waals surface area (Å²) in [4.78, 5) is 39.8. The first-order valence-corrected chi connectivity index (χ1v) is 18.1. The predicted molar refractivity (Wildman–Crippen MR) is 193 cm³/mol. The summed E-state index contributed by atoms with van der Waals surface area (Å²) in [5.74, 6) is -2.52. The Kier molecular flexibility index (Phi) is 9.60. The highest BCUT2D eigenvalue weighted by Gasteiger charge is 2.31. The summed E-state index contributed by atoms with van der Waals surface area (Å²) in [6.07, 6.45) is 11.2. The minimum absolute atomic E-state index is 0.222. The molecular formula is C38H41F3N10O2. The molecule has 1 unspecified atom stereocenters. The fourth-order valence-electron chi connectivity index (χ4n) is 7.70. The summed E-state index contributed by atoms with van der Waals surface area (Å²) in [6.45, 7) is 8.88. The number of nitrogens with one attached hydrogen (secondary N) is 2. The Morgan fingerprint density at radius 3 is 2.40 bits per heavy atom. The molecule has 5 aromatic rings. The van der Waals surface area contributed by atoms with E-state index in [4.69, 9.17) is 0 Å². The Hall–Kier alpha value is -5.28. The molecule has 276 valence electrons. The average Bonchev–Trinajstić information content (AvgIpc) is 3.84. The van der Waals surface area contributed by atoms with Crippen molar-refractivity contribution in [1.29, 1.82) is 0 Å². The van der Waals surface area contributed by atoms with Gasteiger partial charge in [0, 0.05) is 100 Å². The van der Waals surface area contributed by atoms with Crippen molar-refractivity contribution in [1.82, 2.24) is 39.3 Å². The molecule has 3 aliphatic rings. The highest BCUT2D eigenvalue weighted by atomic mass is 19.1. The van der Waals surface area contributed by atoms with E-state index in [0.717, 1.165) is 82.6 Å². The van der Waals surface area contributed by atoms with Gasteiger partial charge in [-0.3, -0.25) is 28.9 Å². The number of nitrogens with zero attached hydrogens (tertiary/aromatic N) is 8. The van der Waals surface area contributed by atoms with Gasteiger partial charge in [0.05, 0.1) is 35.7 Å². The van der Waals surface area contributed by atoms with Crippen LogP contribution in [0, 0.1) is 24.4 Å². The first kappa shape index (κ1) is 34.8. The Labute approximate surface area is 304 Å². The molecule has 0 bridgehead atoms. The number of imide groups is 1. The van der Waals surface area contributed by atoms with Crippen LogP contribution in [0.25, 0.3) is 16.9 Å². The zero-order valence-electron chi connectivity index (χ0n) is 29.4. The lowest BCUT2D eigenvalue weighted by molar-refractivity contribution is -0.134. The van der Waals surface area contributed by atoms with Crippen LogP contribution in [0.1, 0.15) is 48.8 Å². The maximum Gasteiger partial charge on any atom is 0.234 e. The monoisotopic (exact) mass is 726 g/mol. The smallest absolute Gasteiger partial charge is 0.234 e. The minimum atomic E-state index is -0.663. The van der Waals surface area contributed by atoms with Crippen molar-refractivity contribution >= 4 is 34.7 Å². The van der Waals surface area contributed by atoms with Gasteiger partial charge in [0.15, 0.2) is 11.5 Å². The number of carbonyl (C=O) groups excluding carboxylic acids is 2. The van der Waals surface area contributed by atoms with E-state index in [0.29, 0.717) is 34.7 Å². The number of fused-ring (bicyclic) bond motifs is 1. The number of benzene rings is 2. The molecule has 12 nitrogen and oxygen atoms in total. The van der Waals surface area contributed by atoms with Gasteiger partial charge in [-0.05, 0) is 49.9 Å². The topological polar surface area (TPSA) is 116 Å². The number of imidazole rings is 1. The summed E-state index contributed by atoms with van der Waals surface area (Å²) in [6, 6.07) is 7.74. The van der Waals surface area contributed by atoms with Crippen LogP contribution in [0.4, 0.5) is 30.4 Å². The van der Waals surface area contributed by atoms with Crippen molar-refractivity contribution in [3.8, 4) is 11.3 Å². The second-order valence-electron chi connectivity index (χ2n) is 14.1. The zero-order chi connectivity index (χ0) is 36.6. The molecular weight excluding hydrogens is 685 g/mol. The standard InChI is InChI=1S/C38H41F3N10O2/c1-24-18-30(33(41)20-31(24)39)34-22-43-36(37-42-8-11-50(34)37)45-25-21-44-51(23-25)26-6-9-47(10-7-26)12-13-48-14-16-49(17-15-48)27-2-3-28(32(40)19-27)29-4-5-35(52)46-38(29)53/h2-3,8,11,18-23,26,29H,4-7,9-10,12-17H2,1H3,(H,43,45)(H,46,52,53). The number of aryl methyl sites for hydroxylation is 1. The number of aromatic nitrogens is 5. The fraction of sp³-hybridized carbons (Fsp3) is 0.395. The molecule has 0 radical (unpaired) electrons. The lowest BCUT2D eigenvalue weighted by Gasteiger charge is -2.38. The molecule has 1 atom stereocenters. The van der Waals surface area contributed by atoms with E-state index < -0.39 is 29.3 Å². The lowest BCUT2D eigenvalue weighted by Crippen LogP contribution is -2.49. The van der Waals surface area contributed by atoms with Gasteiger partial charge in [0.2, 0.25) is 11.8 Å². The summed E-state index contributed by atoms with van der Waals surface area (Å²) in [5.41, 5.74) is 3.52. The third-order valence-corrected chi connectivity index (χ3v) is 10.8. The molecule has 3 saturated heterocycles. The number of piperazine rings is 1. The van der Waals surface area contributed by atoms with Crippen LogP contribution in [0.2, 0.25) is 0 Å². The molecule has 2 amide bonds. The summed E-state index contributed by atoms with van der Waals surface area (Å²) < 4.78 is 47.4. The Bertz CT molecular complexity index is 2150. The van der Waals surface area contributed by atoms with Gasteiger partial charge in [0.1, 0.15) is 17.5 Å². The SMILES string of the molecule is Cc1cc(-c2cnc(Nc3cnn(C4CCN(CCN5CCN(c6ccc(C7CCC(=O)NC7=O)c(F)c6)CC5)CC4)c3)c3nccn23)c(F)cc1F. The van der Waals surface area contributed by atoms with Crippen LogP contribution >= 0.6 is 0 Å². The van der Waals surface area contributed by atoms with E-state index in [1.807, 2.05) is 16.9 Å². The van der Waals surface area contributed by atoms with E-state index >= 15 is 4.39 Å². The van der Waals surface area contributed by atoms with E-state index in [9.17, 15) is 18.4 Å². The highest BCUT2D eigenvalue weighted by Crippen LogP contribution is 2.32. The van der Waals surface area contributed by atoms with E-state index in [1.54, 1.807) is 42.2 Å². The van der Waals surface area contributed by atoms with Crippen molar-refractivity contribution < 1.29 is 22.8 Å². The number of likely N-dealkylation sites (tertiary alicyclic amines) is 1. The van der Waals surface area contributed by atoms with E-state index in [-0.39, 0.29) is 23.9 Å². The molecule has 0 spiro atoms. The van der Waals surface area contributed by atoms with Crippen molar-refractivity contribution in [3.63, 3.8) is 0 Å². The molecule has 8 rings (SSSR count). The molecule has 3 fully saturated rings. The van der Waals surface area contributed by atoms with Crippen LogP contribution in [0.3, 0.4) is 0 Å². The summed E-state index contributed by atoms with van der Waals surface area (Å²) in [7, 11) is 0. The summed E-state index contributed by atoms with van der Waals surface area (Å²) in [5, 5.41) is 10.3. The second kappa shape index (κ2) is 14.6. The van der Waals surface area contributed by atoms with Gasteiger partial charge in [-0.25, -0.2) is 23.1 Å². The molecule has 15 heteroatoms. The minimum Gasteiger partial charge on any atom is -0.369 e. The first-order valence-electron chi connectivity index (χ1n) is 18.1. The van der Waals surface area contributed by atoms with Crippen LogP contribution in [-0.4, -0.2) is 98.1 Å². The van der Waals surface area contributed by atoms with Crippen molar-refractivity contribution in [3.05, 3.63) is 89.9 Å². The van der Waals surface area contributed by atoms with E-state index in [2.05, 4.69) is 40.4 Å². The molecule has 2 aromatic carbocycles. The van der Waals surface area contributed by atoms with Gasteiger partial charge in [-0.15, -0.1) is 0 Å². The Morgan fingerprint density at radius 1 is 0.868 bits per heavy atom. The number of amides is 2. The zero-order valence-corrected chi connectivity index (χ0v) is 29.4. The number of carbonyl (C=O) groups is 2. The predicted octanol–water partition coefficient (Wildman–Crippen LogP) is 5.04. The highest BCUT2D eigenvalue weighted by molar-refractivity contribution is 6.01. The van der Waals surface area contributed by atoms with Crippen molar-refractivity contribution in [2.45, 2.75) is 44.6 Å². The normalized spacial score (nSPS) is 19.2.